The second-order valence-corrected chi connectivity index (χ2v) is 4.54. The van der Waals surface area contributed by atoms with Crippen molar-refractivity contribution in [2.75, 3.05) is 5.32 Å². The lowest BCUT2D eigenvalue weighted by atomic mass is 10.1. The van der Waals surface area contributed by atoms with Gasteiger partial charge >= 0.3 is 0 Å². The van der Waals surface area contributed by atoms with E-state index in [2.05, 4.69) is 5.32 Å². The molecule has 0 aromatic heterocycles. The largest absolute Gasteiger partial charge is 0.392 e. The molecule has 0 bridgehead atoms. The number of rotatable bonds is 4. The second-order valence-electron chi connectivity index (χ2n) is 4.13. The van der Waals surface area contributed by atoms with Crippen LogP contribution in [0.5, 0.6) is 0 Å². The third kappa shape index (κ3) is 3.47. The van der Waals surface area contributed by atoms with Crippen LogP contribution in [0, 0.1) is 11.3 Å². The highest BCUT2D eigenvalue weighted by Gasteiger charge is 2.01. The molecule has 0 heterocycles. The average molecular weight is 273 g/mol. The van der Waals surface area contributed by atoms with Crippen molar-refractivity contribution >= 4 is 17.3 Å². The zero-order valence-corrected chi connectivity index (χ0v) is 11.0. The van der Waals surface area contributed by atoms with Crippen LogP contribution in [0.3, 0.4) is 0 Å². The smallest absolute Gasteiger partial charge is 0.0992 e. The van der Waals surface area contributed by atoms with Gasteiger partial charge in [0.1, 0.15) is 0 Å². The van der Waals surface area contributed by atoms with Gasteiger partial charge in [-0.25, -0.2) is 0 Å². The third-order valence-corrected chi connectivity index (χ3v) is 3.10. The molecule has 2 N–H and O–H groups in total. The van der Waals surface area contributed by atoms with E-state index in [1.54, 1.807) is 18.2 Å². The van der Waals surface area contributed by atoms with Gasteiger partial charge in [-0.05, 0) is 29.3 Å². The van der Waals surface area contributed by atoms with E-state index in [-0.39, 0.29) is 6.61 Å². The molecule has 0 atom stereocenters. The maximum atomic E-state index is 8.96. The molecule has 0 aliphatic rings. The summed E-state index contributed by atoms with van der Waals surface area (Å²) in [4.78, 5) is 0. The van der Waals surface area contributed by atoms with E-state index < -0.39 is 0 Å². The normalized spacial score (nSPS) is 9.95. The average Bonchev–Trinajstić information content (AvgIpc) is 2.46. The Labute approximate surface area is 117 Å². The van der Waals surface area contributed by atoms with E-state index in [1.807, 2.05) is 30.3 Å². The summed E-state index contributed by atoms with van der Waals surface area (Å²) in [5, 5.41) is 21.5. The van der Waals surface area contributed by atoms with Crippen LogP contribution in [0.1, 0.15) is 16.7 Å². The number of anilines is 1. The van der Waals surface area contributed by atoms with Crippen molar-refractivity contribution in [1.29, 1.82) is 5.26 Å². The fraction of sp³-hybridized carbons (Fsp3) is 0.133. The number of hydrogen-bond acceptors (Lipinski definition) is 3. The highest BCUT2D eigenvalue weighted by Crippen LogP contribution is 2.23. The Morgan fingerprint density at radius 2 is 1.79 bits per heavy atom. The molecule has 2 aromatic rings. The highest BCUT2D eigenvalue weighted by atomic mass is 35.5. The molecule has 0 saturated heterocycles. The molecule has 0 unspecified atom stereocenters. The predicted octanol–water partition coefficient (Wildman–Crippen LogP) is 3.32. The minimum absolute atomic E-state index is 0.0508. The van der Waals surface area contributed by atoms with Gasteiger partial charge < -0.3 is 10.4 Å². The summed E-state index contributed by atoms with van der Waals surface area (Å²) in [5.41, 5.74) is 3.33. The summed E-state index contributed by atoms with van der Waals surface area (Å²) >= 11 is 6.08. The van der Waals surface area contributed by atoms with Crippen LogP contribution in [0.15, 0.2) is 42.5 Å². The SMILES string of the molecule is N#Cc1ccc(NCc2ccc(CO)cc2)c(Cl)c1. The topological polar surface area (TPSA) is 56.0 Å². The first-order valence-corrected chi connectivity index (χ1v) is 6.23. The monoisotopic (exact) mass is 272 g/mol. The second kappa shape index (κ2) is 6.24. The van der Waals surface area contributed by atoms with Gasteiger partial charge in [-0.1, -0.05) is 35.9 Å². The number of nitrogens with zero attached hydrogens (tertiary/aromatic N) is 1. The maximum absolute atomic E-state index is 8.96. The number of halogens is 1. The van der Waals surface area contributed by atoms with Gasteiger partial charge in [0, 0.05) is 6.54 Å². The van der Waals surface area contributed by atoms with Gasteiger partial charge in [0.05, 0.1) is 28.9 Å². The van der Waals surface area contributed by atoms with Crippen LogP contribution in [-0.4, -0.2) is 5.11 Å². The number of nitriles is 1. The van der Waals surface area contributed by atoms with Gasteiger partial charge in [0.2, 0.25) is 0 Å². The Morgan fingerprint density at radius 1 is 1.11 bits per heavy atom. The number of hydrogen-bond donors (Lipinski definition) is 2. The molecule has 3 nitrogen and oxygen atoms in total. The van der Waals surface area contributed by atoms with E-state index >= 15 is 0 Å². The number of benzene rings is 2. The van der Waals surface area contributed by atoms with Gasteiger partial charge in [0.25, 0.3) is 0 Å². The van der Waals surface area contributed by atoms with Crippen LogP contribution in [-0.2, 0) is 13.2 Å². The first-order valence-electron chi connectivity index (χ1n) is 5.85. The summed E-state index contributed by atoms with van der Waals surface area (Å²) in [5.74, 6) is 0. The number of nitrogens with one attached hydrogen (secondary N) is 1. The molecule has 96 valence electrons. The van der Waals surface area contributed by atoms with Gasteiger partial charge in [0.15, 0.2) is 0 Å². The third-order valence-electron chi connectivity index (χ3n) is 2.79. The molecular formula is C15H13ClN2O. The molecule has 19 heavy (non-hydrogen) atoms. The molecule has 4 heteroatoms. The molecule has 0 radical (unpaired) electrons. The van der Waals surface area contributed by atoms with Crippen molar-refractivity contribution in [2.45, 2.75) is 13.2 Å². The molecule has 0 spiro atoms. The Morgan fingerprint density at radius 3 is 2.37 bits per heavy atom. The number of aliphatic hydroxyl groups is 1. The Kier molecular flexibility index (Phi) is 4.40. The zero-order chi connectivity index (χ0) is 13.7. The predicted molar refractivity (Wildman–Crippen MR) is 75.9 cm³/mol. The van der Waals surface area contributed by atoms with Crippen LogP contribution < -0.4 is 5.32 Å². The van der Waals surface area contributed by atoms with E-state index in [4.69, 9.17) is 22.0 Å². The standard InChI is InChI=1S/C15H13ClN2O/c16-14-7-13(8-17)5-6-15(14)18-9-11-1-3-12(10-19)4-2-11/h1-7,18-19H,9-10H2. The van der Waals surface area contributed by atoms with Crippen molar-refractivity contribution < 1.29 is 5.11 Å². The number of aliphatic hydroxyl groups excluding tert-OH is 1. The van der Waals surface area contributed by atoms with Crippen molar-refractivity contribution in [3.63, 3.8) is 0 Å². The van der Waals surface area contributed by atoms with E-state index in [0.29, 0.717) is 17.1 Å². The van der Waals surface area contributed by atoms with Crippen LogP contribution in [0.25, 0.3) is 0 Å². The fourth-order valence-corrected chi connectivity index (χ4v) is 1.94. The molecular weight excluding hydrogens is 260 g/mol. The van der Waals surface area contributed by atoms with Crippen molar-refractivity contribution in [3.05, 3.63) is 64.2 Å². The lowest BCUT2D eigenvalue weighted by molar-refractivity contribution is 0.282. The lowest BCUT2D eigenvalue weighted by Crippen LogP contribution is -2.00. The van der Waals surface area contributed by atoms with E-state index in [1.165, 1.54) is 0 Å². The zero-order valence-electron chi connectivity index (χ0n) is 10.2. The van der Waals surface area contributed by atoms with E-state index in [9.17, 15) is 0 Å². The molecule has 2 aromatic carbocycles. The molecule has 0 saturated carbocycles. The van der Waals surface area contributed by atoms with Crippen molar-refractivity contribution in [2.24, 2.45) is 0 Å². The first-order chi connectivity index (χ1) is 9.22. The summed E-state index contributed by atoms with van der Waals surface area (Å²) in [6, 6.07) is 14.9. The molecule has 0 aliphatic heterocycles. The molecule has 0 aliphatic carbocycles. The highest BCUT2D eigenvalue weighted by molar-refractivity contribution is 6.33. The molecule has 0 amide bonds. The Bertz CT molecular complexity index is 603. The van der Waals surface area contributed by atoms with E-state index in [0.717, 1.165) is 16.8 Å². The fourth-order valence-electron chi connectivity index (χ4n) is 1.69. The summed E-state index contributed by atoms with van der Waals surface area (Å²) in [6.45, 7) is 0.687. The minimum atomic E-state index is 0.0508. The lowest BCUT2D eigenvalue weighted by Gasteiger charge is -2.09. The Balaban J connectivity index is 2.04. The molecule has 0 fully saturated rings. The quantitative estimate of drug-likeness (QED) is 0.898. The van der Waals surface area contributed by atoms with Gasteiger partial charge in [-0.3, -0.25) is 0 Å². The van der Waals surface area contributed by atoms with Crippen LogP contribution in [0.2, 0.25) is 5.02 Å². The summed E-state index contributed by atoms with van der Waals surface area (Å²) in [6.07, 6.45) is 0. The summed E-state index contributed by atoms with van der Waals surface area (Å²) in [7, 11) is 0. The first kappa shape index (κ1) is 13.4. The van der Waals surface area contributed by atoms with Crippen molar-refractivity contribution in [3.8, 4) is 6.07 Å². The minimum Gasteiger partial charge on any atom is -0.392 e. The molecule has 2 rings (SSSR count). The van der Waals surface area contributed by atoms with Gasteiger partial charge in [-0.15, -0.1) is 0 Å². The van der Waals surface area contributed by atoms with Crippen molar-refractivity contribution in [1.82, 2.24) is 0 Å². The Hall–Kier alpha value is -2.02. The summed E-state index contributed by atoms with van der Waals surface area (Å²) < 4.78 is 0. The van der Waals surface area contributed by atoms with Crippen LogP contribution in [0.4, 0.5) is 5.69 Å². The maximum Gasteiger partial charge on any atom is 0.0992 e. The van der Waals surface area contributed by atoms with Gasteiger partial charge in [-0.2, -0.15) is 5.26 Å². The van der Waals surface area contributed by atoms with Crippen LogP contribution >= 0.6 is 11.6 Å².